The largest absolute Gasteiger partial charge is 0.507 e. The number of rotatable bonds is 4. The predicted molar refractivity (Wildman–Crippen MR) is 124 cm³/mol. The Balaban J connectivity index is 1.72. The number of aryl methyl sites for hydroxylation is 1. The third-order valence-corrected chi connectivity index (χ3v) is 5.12. The highest BCUT2D eigenvalue weighted by molar-refractivity contribution is 14.1. The molecule has 142 valence electrons. The lowest BCUT2D eigenvalue weighted by molar-refractivity contribution is 0.102. The van der Waals surface area contributed by atoms with Gasteiger partial charge in [-0.05, 0) is 89.7 Å². The van der Waals surface area contributed by atoms with Crippen LogP contribution in [0.2, 0.25) is 10.0 Å². The van der Waals surface area contributed by atoms with Crippen LogP contribution < -0.4 is 5.32 Å². The molecule has 1 amide bonds. The predicted octanol–water partition coefficient (Wildman–Crippen LogP) is 6.61. The van der Waals surface area contributed by atoms with Crippen molar-refractivity contribution in [1.82, 2.24) is 0 Å². The van der Waals surface area contributed by atoms with Gasteiger partial charge in [-0.3, -0.25) is 9.79 Å². The number of amides is 1. The zero-order valence-electron chi connectivity index (χ0n) is 14.7. The van der Waals surface area contributed by atoms with Crippen molar-refractivity contribution in [3.05, 3.63) is 84.9 Å². The van der Waals surface area contributed by atoms with E-state index in [1.165, 1.54) is 6.07 Å². The van der Waals surface area contributed by atoms with Crippen LogP contribution in [0.1, 0.15) is 21.5 Å². The van der Waals surface area contributed by atoms with E-state index in [1.807, 2.05) is 19.1 Å². The fourth-order valence-electron chi connectivity index (χ4n) is 2.51. The molecular formula is C21H15Cl2IN2O2. The van der Waals surface area contributed by atoms with Crippen molar-refractivity contribution < 1.29 is 9.90 Å². The molecule has 0 fully saturated rings. The fraction of sp³-hybridized carbons (Fsp3) is 0.0476. The summed E-state index contributed by atoms with van der Waals surface area (Å²) in [4.78, 5) is 16.7. The number of anilines is 1. The van der Waals surface area contributed by atoms with Crippen LogP contribution in [0.3, 0.4) is 0 Å². The SMILES string of the molecule is Cc1cc(I)cc(C=Nc2ccc(NC(=O)c3ccc(Cl)cc3Cl)cc2)c1O. The maximum atomic E-state index is 12.3. The number of phenols is 1. The maximum absolute atomic E-state index is 12.3. The number of carbonyl (C=O) groups excluding carboxylic acids is 1. The highest BCUT2D eigenvalue weighted by Gasteiger charge is 2.11. The lowest BCUT2D eigenvalue weighted by Gasteiger charge is -2.07. The van der Waals surface area contributed by atoms with Gasteiger partial charge in [0, 0.05) is 26.1 Å². The van der Waals surface area contributed by atoms with E-state index in [9.17, 15) is 9.90 Å². The minimum absolute atomic E-state index is 0.216. The summed E-state index contributed by atoms with van der Waals surface area (Å²) < 4.78 is 1.02. The summed E-state index contributed by atoms with van der Waals surface area (Å²) in [5, 5.41) is 13.7. The molecule has 3 aromatic rings. The van der Waals surface area contributed by atoms with Gasteiger partial charge in [-0.1, -0.05) is 23.2 Å². The van der Waals surface area contributed by atoms with Crippen molar-refractivity contribution in [2.45, 2.75) is 6.92 Å². The topological polar surface area (TPSA) is 61.7 Å². The second kappa shape index (κ2) is 8.94. The van der Waals surface area contributed by atoms with E-state index in [4.69, 9.17) is 23.2 Å². The average Bonchev–Trinajstić information content (AvgIpc) is 2.64. The Labute approximate surface area is 186 Å². The van der Waals surface area contributed by atoms with Crippen LogP contribution in [-0.4, -0.2) is 17.2 Å². The Hall–Kier alpha value is -2.09. The standard InChI is InChI=1S/C21H15Cl2IN2O2/c1-12-8-15(24)9-13(20(12)27)11-25-16-3-5-17(6-4-16)26-21(28)18-7-2-14(22)10-19(18)23/h2-11,27H,1H3,(H,26,28). The first-order valence-electron chi connectivity index (χ1n) is 8.23. The van der Waals surface area contributed by atoms with E-state index in [-0.39, 0.29) is 11.7 Å². The third-order valence-electron chi connectivity index (χ3n) is 3.95. The molecule has 0 spiro atoms. The highest BCUT2D eigenvalue weighted by atomic mass is 127. The molecular weight excluding hydrogens is 510 g/mol. The van der Waals surface area contributed by atoms with E-state index in [0.29, 0.717) is 32.5 Å². The summed E-state index contributed by atoms with van der Waals surface area (Å²) in [5.74, 6) is -0.106. The Kier molecular flexibility index (Phi) is 6.59. The molecule has 28 heavy (non-hydrogen) atoms. The van der Waals surface area contributed by atoms with Gasteiger partial charge in [0.1, 0.15) is 5.75 Å². The van der Waals surface area contributed by atoms with E-state index in [1.54, 1.807) is 42.6 Å². The minimum atomic E-state index is -0.322. The number of halogens is 3. The van der Waals surface area contributed by atoms with Gasteiger partial charge in [-0.2, -0.15) is 0 Å². The second-order valence-electron chi connectivity index (χ2n) is 6.04. The van der Waals surface area contributed by atoms with Gasteiger partial charge in [-0.15, -0.1) is 0 Å². The van der Waals surface area contributed by atoms with E-state index >= 15 is 0 Å². The Bertz CT molecular complexity index is 1070. The van der Waals surface area contributed by atoms with E-state index in [2.05, 4.69) is 32.9 Å². The molecule has 0 aliphatic carbocycles. The summed E-state index contributed by atoms with van der Waals surface area (Å²) in [6, 6.07) is 15.5. The van der Waals surface area contributed by atoms with Crippen LogP contribution in [0, 0.1) is 10.5 Å². The molecule has 3 rings (SSSR count). The molecule has 2 N–H and O–H groups in total. The molecule has 0 aliphatic heterocycles. The molecule has 0 saturated heterocycles. The van der Waals surface area contributed by atoms with Gasteiger partial charge in [0.05, 0.1) is 16.3 Å². The molecule has 0 aromatic heterocycles. The maximum Gasteiger partial charge on any atom is 0.257 e. The number of hydrogen-bond donors (Lipinski definition) is 2. The third kappa shape index (κ3) is 5.04. The molecule has 0 saturated carbocycles. The van der Waals surface area contributed by atoms with Gasteiger partial charge < -0.3 is 10.4 Å². The molecule has 7 heteroatoms. The average molecular weight is 525 g/mol. The number of aromatic hydroxyl groups is 1. The van der Waals surface area contributed by atoms with Gasteiger partial charge in [0.2, 0.25) is 0 Å². The van der Waals surface area contributed by atoms with Crippen LogP contribution in [-0.2, 0) is 0 Å². The van der Waals surface area contributed by atoms with Gasteiger partial charge >= 0.3 is 0 Å². The summed E-state index contributed by atoms with van der Waals surface area (Å²) in [5.41, 5.74) is 3.10. The summed E-state index contributed by atoms with van der Waals surface area (Å²) in [6.07, 6.45) is 1.62. The number of nitrogens with one attached hydrogen (secondary N) is 1. The minimum Gasteiger partial charge on any atom is -0.507 e. The summed E-state index contributed by atoms with van der Waals surface area (Å²) in [6.45, 7) is 1.85. The van der Waals surface area contributed by atoms with Crippen LogP contribution in [0.4, 0.5) is 11.4 Å². The molecule has 0 atom stereocenters. The molecule has 0 bridgehead atoms. The summed E-state index contributed by atoms with van der Waals surface area (Å²) >= 11 is 14.1. The number of phenolic OH excluding ortho intramolecular Hbond substituents is 1. The Morgan fingerprint density at radius 3 is 2.50 bits per heavy atom. The van der Waals surface area contributed by atoms with E-state index in [0.717, 1.165) is 9.13 Å². The number of aliphatic imine (C=N–C) groups is 1. The van der Waals surface area contributed by atoms with Gasteiger partial charge in [0.25, 0.3) is 5.91 Å². The van der Waals surface area contributed by atoms with Crippen molar-refractivity contribution in [2.24, 2.45) is 4.99 Å². The Morgan fingerprint density at radius 2 is 1.82 bits per heavy atom. The number of nitrogens with zero attached hydrogens (tertiary/aromatic N) is 1. The molecule has 0 heterocycles. The van der Waals surface area contributed by atoms with Crippen LogP contribution in [0.15, 0.2) is 59.6 Å². The first-order chi connectivity index (χ1) is 13.3. The highest BCUT2D eigenvalue weighted by Crippen LogP contribution is 2.25. The molecule has 0 unspecified atom stereocenters. The van der Waals surface area contributed by atoms with Crippen LogP contribution in [0.5, 0.6) is 5.75 Å². The number of benzene rings is 3. The lowest BCUT2D eigenvalue weighted by Crippen LogP contribution is -2.12. The molecule has 4 nitrogen and oxygen atoms in total. The van der Waals surface area contributed by atoms with Gasteiger partial charge in [0.15, 0.2) is 0 Å². The quantitative estimate of drug-likeness (QED) is 0.298. The number of hydrogen-bond acceptors (Lipinski definition) is 3. The first-order valence-corrected chi connectivity index (χ1v) is 10.1. The monoisotopic (exact) mass is 524 g/mol. The molecule has 0 radical (unpaired) electrons. The zero-order chi connectivity index (χ0) is 20.3. The van der Waals surface area contributed by atoms with E-state index < -0.39 is 0 Å². The molecule has 3 aromatic carbocycles. The van der Waals surface area contributed by atoms with Crippen LogP contribution >= 0.6 is 45.8 Å². The summed E-state index contributed by atoms with van der Waals surface area (Å²) in [7, 11) is 0. The van der Waals surface area contributed by atoms with Crippen molar-refractivity contribution in [3.63, 3.8) is 0 Å². The van der Waals surface area contributed by atoms with Crippen LogP contribution in [0.25, 0.3) is 0 Å². The van der Waals surface area contributed by atoms with Crippen molar-refractivity contribution in [1.29, 1.82) is 0 Å². The molecule has 0 aliphatic rings. The Morgan fingerprint density at radius 1 is 1.11 bits per heavy atom. The first kappa shape index (κ1) is 20.6. The second-order valence-corrected chi connectivity index (χ2v) is 8.13. The van der Waals surface area contributed by atoms with Crippen molar-refractivity contribution in [3.8, 4) is 5.75 Å². The zero-order valence-corrected chi connectivity index (χ0v) is 18.4. The van der Waals surface area contributed by atoms with Crippen molar-refractivity contribution >= 4 is 69.3 Å². The fourth-order valence-corrected chi connectivity index (χ4v) is 3.80. The van der Waals surface area contributed by atoms with Gasteiger partial charge in [-0.25, -0.2) is 0 Å². The lowest BCUT2D eigenvalue weighted by atomic mass is 10.1. The normalized spacial score (nSPS) is 11.0. The number of carbonyl (C=O) groups is 1. The van der Waals surface area contributed by atoms with Crippen molar-refractivity contribution in [2.75, 3.05) is 5.32 Å². The smallest absolute Gasteiger partial charge is 0.257 e.